The van der Waals surface area contributed by atoms with Crippen molar-refractivity contribution < 1.29 is 0 Å². The lowest BCUT2D eigenvalue weighted by Crippen LogP contribution is -2.41. The van der Waals surface area contributed by atoms with Gasteiger partial charge in [0.15, 0.2) is 0 Å². The van der Waals surface area contributed by atoms with E-state index in [4.69, 9.17) is 0 Å². The van der Waals surface area contributed by atoms with Crippen molar-refractivity contribution in [3.63, 3.8) is 0 Å². The molecule has 1 aliphatic rings. The van der Waals surface area contributed by atoms with Crippen LogP contribution in [-0.2, 0) is 19.5 Å². The number of hydrogen-bond acceptors (Lipinski definition) is 2. The maximum atomic E-state index is 2.71. The lowest BCUT2D eigenvalue weighted by atomic mass is 10.0. The molecule has 0 unspecified atom stereocenters. The Bertz CT molecular complexity index is 402. The predicted octanol–water partition coefficient (Wildman–Crippen LogP) is 2.99. The largest absolute Gasteiger partial charge is 0.347 e. The van der Waals surface area contributed by atoms with E-state index in [0.29, 0.717) is 0 Å². The molecule has 0 aliphatic carbocycles. The van der Waals surface area contributed by atoms with Crippen molar-refractivity contribution >= 4 is 0 Å². The summed E-state index contributed by atoms with van der Waals surface area (Å²) >= 11 is 0. The summed E-state index contributed by atoms with van der Waals surface area (Å²) in [4.78, 5) is 4.97. The summed E-state index contributed by atoms with van der Waals surface area (Å²) in [6.45, 7) is 9.35. The number of nitrogens with zero attached hydrogens (tertiary/aromatic N) is 3. The average molecular weight is 277 g/mol. The number of aromatic nitrogens is 1. The van der Waals surface area contributed by atoms with E-state index in [1.165, 1.54) is 56.7 Å². The molecular formula is C17H31N3. The molecule has 20 heavy (non-hydrogen) atoms. The second-order valence-electron chi connectivity index (χ2n) is 6.39. The van der Waals surface area contributed by atoms with Crippen molar-refractivity contribution in [2.75, 3.05) is 27.2 Å². The summed E-state index contributed by atoms with van der Waals surface area (Å²) in [5, 5.41) is 0. The minimum absolute atomic E-state index is 0.754. The maximum Gasteiger partial charge on any atom is 0.0381 e. The van der Waals surface area contributed by atoms with Crippen LogP contribution < -0.4 is 0 Å². The Hall–Kier alpha value is -0.800. The zero-order valence-electron chi connectivity index (χ0n) is 13.7. The molecule has 0 radical (unpaired) electrons. The summed E-state index contributed by atoms with van der Waals surface area (Å²) in [5.41, 5.74) is 3.01. The van der Waals surface area contributed by atoms with Crippen molar-refractivity contribution in [1.82, 2.24) is 14.4 Å². The fraction of sp³-hybridized carbons (Fsp3) is 0.765. The lowest BCUT2D eigenvalue weighted by molar-refractivity contribution is 0.166. The fourth-order valence-electron chi connectivity index (χ4n) is 3.47. The molecular weight excluding hydrogens is 246 g/mol. The monoisotopic (exact) mass is 277 g/mol. The van der Waals surface area contributed by atoms with E-state index in [0.717, 1.165) is 12.6 Å². The van der Waals surface area contributed by atoms with Gasteiger partial charge in [-0.3, -0.25) is 4.90 Å². The van der Waals surface area contributed by atoms with Gasteiger partial charge in [0.2, 0.25) is 0 Å². The van der Waals surface area contributed by atoms with Gasteiger partial charge in [0.25, 0.3) is 0 Å². The van der Waals surface area contributed by atoms with Gasteiger partial charge in [0.05, 0.1) is 0 Å². The second-order valence-corrected chi connectivity index (χ2v) is 6.39. The number of fused-ring (bicyclic) bond motifs is 1. The first kappa shape index (κ1) is 15.6. The van der Waals surface area contributed by atoms with E-state index in [-0.39, 0.29) is 0 Å². The van der Waals surface area contributed by atoms with Crippen LogP contribution in [0.4, 0.5) is 0 Å². The van der Waals surface area contributed by atoms with Gasteiger partial charge in [-0.1, -0.05) is 13.8 Å². The average Bonchev–Trinajstić information content (AvgIpc) is 2.80. The maximum absolute atomic E-state index is 2.71. The van der Waals surface area contributed by atoms with Crippen molar-refractivity contribution in [3.05, 3.63) is 23.5 Å². The molecule has 0 amide bonds. The topological polar surface area (TPSA) is 11.4 Å². The first-order chi connectivity index (χ1) is 9.65. The zero-order valence-corrected chi connectivity index (χ0v) is 13.7. The van der Waals surface area contributed by atoms with Gasteiger partial charge in [-0.15, -0.1) is 0 Å². The minimum Gasteiger partial charge on any atom is -0.347 e. The molecule has 1 aromatic rings. The molecule has 3 heteroatoms. The van der Waals surface area contributed by atoms with Gasteiger partial charge in [-0.25, -0.2) is 0 Å². The van der Waals surface area contributed by atoms with Crippen molar-refractivity contribution in [2.24, 2.45) is 0 Å². The Kier molecular flexibility index (Phi) is 5.67. The van der Waals surface area contributed by atoms with E-state index in [1.54, 1.807) is 0 Å². The van der Waals surface area contributed by atoms with E-state index >= 15 is 0 Å². The molecule has 0 saturated heterocycles. The molecule has 2 rings (SSSR count). The molecule has 1 atom stereocenters. The summed E-state index contributed by atoms with van der Waals surface area (Å²) in [7, 11) is 4.30. The summed E-state index contributed by atoms with van der Waals surface area (Å²) in [5.74, 6) is 0. The van der Waals surface area contributed by atoms with Crippen LogP contribution in [0.25, 0.3) is 0 Å². The van der Waals surface area contributed by atoms with Gasteiger partial charge >= 0.3 is 0 Å². The number of hydrogen-bond donors (Lipinski definition) is 0. The molecule has 114 valence electrons. The van der Waals surface area contributed by atoms with Gasteiger partial charge < -0.3 is 9.47 Å². The normalized spacial score (nSPS) is 18.8. The van der Waals surface area contributed by atoms with Crippen LogP contribution in [0.1, 0.15) is 44.5 Å². The van der Waals surface area contributed by atoms with Crippen LogP contribution in [0.2, 0.25) is 0 Å². The Morgan fingerprint density at radius 1 is 1.15 bits per heavy atom. The first-order valence-electron chi connectivity index (χ1n) is 8.21. The highest BCUT2D eigenvalue weighted by Crippen LogP contribution is 2.23. The molecule has 2 heterocycles. The van der Waals surface area contributed by atoms with E-state index in [2.05, 4.69) is 54.4 Å². The van der Waals surface area contributed by atoms with Crippen molar-refractivity contribution in [2.45, 2.75) is 58.7 Å². The third-order valence-electron chi connectivity index (χ3n) is 4.31. The van der Waals surface area contributed by atoms with Crippen LogP contribution in [0, 0.1) is 0 Å². The van der Waals surface area contributed by atoms with E-state index < -0.39 is 0 Å². The summed E-state index contributed by atoms with van der Waals surface area (Å²) < 4.78 is 2.55. The Labute approximate surface area is 124 Å². The van der Waals surface area contributed by atoms with E-state index in [9.17, 15) is 0 Å². The molecule has 0 bridgehead atoms. The summed E-state index contributed by atoms with van der Waals surface area (Å²) in [6, 6.07) is 5.42. The molecule has 0 fully saturated rings. The Balaban J connectivity index is 2.05. The zero-order chi connectivity index (χ0) is 14.5. The smallest absolute Gasteiger partial charge is 0.0381 e. The SMILES string of the molecule is CCCN(CCC)[C@H]1CCn2c(ccc2CN(C)C)C1. The standard InChI is InChI=1S/C17H31N3/c1-5-10-19(11-6-2)15-9-12-20-16(13-15)7-8-17(20)14-18(3)4/h7-8,15H,5-6,9-14H2,1-4H3/t15-/m0/s1. The Morgan fingerprint density at radius 3 is 2.45 bits per heavy atom. The second kappa shape index (κ2) is 7.28. The lowest BCUT2D eigenvalue weighted by Gasteiger charge is -2.35. The molecule has 0 spiro atoms. The van der Waals surface area contributed by atoms with E-state index in [1.807, 2.05) is 0 Å². The molecule has 0 N–H and O–H groups in total. The third-order valence-corrected chi connectivity index (χ3v) is 4.31. The first-order valence-corrected chi connectivity index (χ1v) is 8.21. The van der Waals surface area contributed by atoms with Crippen LogP contribution >= 0.6 is 0 Å². The molecule has 3 nitrogen and oxygen atoms in total. The van der Waals surface area contributed by atoms with Crippen LogP contribution in [-0.4, -0.2) is 47.6 Å². The molecule has 1 aliphatic heterocycles. The van der Waals surface area contributed by atoms with Crippen LogP contribution in [0.15, 0.2) is 12.1 Å². The van der Waals surface area contributed by atoms with Gasteiger partial charge in [0, 0.05) is 36.9 Å². The van der Waals surface area contributed by atoms with Crippen molar-refractivity contribution in [1.29, 1.82) is 0 Å². The van der Waals surface area contributed by atoms with Gasteiger partial charge in [-0.2, -0.15) is 0 Å². The fourth-order valence-corrected chi connectivity index (χ4v) is 3.47. The highest BCUT2D eigenvalue weighted by molar-refractivity contribution is 5.19. The quantitative estimate of drug-likeness (QED) is 0.759. The Morgan fingerprint density at radius 2 is 1.85 bits per heavy atom. The van der Waals surface area contributed by atoms with Crippen molar-refractivity contribution in [3.8, 4) is 0 Å². The third kappa shape index (κ3) is 3.64. The van der Waals surface area contributed by atoms with Gasteiger partial charge in [-0.05, 0) is 58.6 Å². The highest BCUT2D eigenvalue weighted by atomic mass is 15.2. The molecule has 0 saturated carbocycles. The van der Waals surface area contributed by atoms with Crippen LogP contribution in [0.3, 0.4) is 0 Å². The van der Waals surface area contributed by atoms with Gasteiger partial charge in [0.1, 0.15) is 0 Å². The highest BCUT2D eigenvalue weighted by Gasteiger charge is 2.24. The summed E-state index contributed by atoms with van der Waals surface area (Å²) in [6.07, 6.45) is 5.07. The minimum atomic E-state index is 0.754. The van der Waals surface area contributed by atoms with Crippen LogP contribution in [0.5, 0.6) is 0 Å². The predicted molar refractivity (Wildman–Crippen MR) is 86.1 cm³/mol. The number of rotatable bonds is 7. The molecule has 0 aromatic carbocycles. The molecule has 1 aromatic heterocycles.